The molecule has 1 fully saturated rings. The van der Waals surface area contributed by atoms with E-state index in [0.717, 1.165) is 24.1 Å². The number of methoxy groups -OCH3 is 2. The number of carbonyl (C=O) groups excluding carboxylic acids is 1. The second-order valence-corrected chi connectivity index (χ2v) is 10.5. The van der Waals surface area contributed by atoms with Gasteiger partial charge in [0.15, 0.2) is 11.5 Å². The van der Waals surface area contributed by atoms with Crippen molar-refractivity contribution in [2.45, 2.75) is 38.0 Å². The molecule has 1 amide bonds. The fourth-order valence-electron chi connectivity index (χ4n) is 3.72. The van der Waals surface area contributed by atoms with Gasteiger partial charge in [0.25, 0.3) is 5.91 Å². The summed E-state index contributed by atoms with van der Waals surface area (Å²) in [5.74, 6) is 0.830. The summed E-state index contributed by atoms with van der Waals surface area (Å²) in [6, 6.07) is 6.58. The summed E-state index contributed by atoms with van der Waals surface area (Å²) >= 11 is 1.57. The van der Waals surface area contributed by atoms with E-state index in [-0.39, 0.29) is 23.9 Å². The minimum Gasteiger partial charge on any atom is -0.493 e. The molecule has 2 aromatic rings. The molecular formula is C22H30N2O5S2. The van der Waals surface area contributed by atoms with Gasteiger partial charge in [0.2, 0.25) is 10.0 Å². The molecule has 170 valence electrons. The summed E-state index contributed by atoms with van der Waals surface area (Å²) in [4.78, 5) is 16.9. The summed E-state index contributed by atoms with van der Waals surface area (Å²) < 4.78 is 38.0. The van der Waals surface area contributed by atoms with E-state index in [1.807, 2.05) is 6.07 Å². The minimum absolute atomic E-state index is 0.00906. The van der Waals surface area contributed by atoms with Gasteiger partial charge in [-0.05, 0) is 36.6 Å². The smallest absolute Gasteiger partial charge is 0.264 e. The number of aryl methyl sites for hydroxylation is 2. The van der Waals surface area contributed by atoms with E-state index in [9.17, 15) is 13.2 Å². The van der Waals surface area contributed by atoms with Gasteiger partial charge in [0, 0.05) is 37.1 Å². The van der Waals surface area contributed by atoms with Gasteiger partial charge < -0.3 is 14.4 Å². The molecule has 1 saturated heterocycles. The average molecular weight is 467 g/mol. The number of sulfonamides is 1. The minimum atomic E-state index is -3.68. The average Bonchev–Trinajstić information content (AvgIpc) is 3.21. The largest absolute Gasteiger partial charge is 0.493 e. The zero-order valence-electron chi connectivity index (χ0n) is 18.5. The predicted molar refractivity (Wildman–Crippen MR) is 122 cm³/mol. The van der Waals surface area contributed by atoms with Crippen LogP contribution >= 0.6 is 11.3 Å². The van der Waals surface area contributed by atoms with Gasteiger partial charge in [-0.1, -0.05) is 20.3 Å². The summed E-state index contributed by atoms with van der Waals surface area (Å²) in [7, 11) is -0.709. The van der Waals surface area contributed by atoms with Gasteiger partial charge in [-0.15, -0.1) is 11.3 Å². The molecule has 2 heterocycles. The zero-order chi connectivity index (χ0) is 22.6. The van der Waals surface area contributed by atoms with Crippen molar-refractivity contribution >= 4 is 27.3 Å². The summed E-state index contributed by atoms with van der Waals surface area (Å²) in [6.45, 7) is 5.50. The van der Waals surface area contributed by atoms with Gasteiger partial charge in [-0.2, -0.15) is 4.31 Å². The molecule has 0 bridgehead atoms. The van der Waals surface area contributed by atoms with Crippen molar-refractivity contribution in [2.75, 3.05) is 40.4 Å². The molecule has 0 saturated carbocycles. The number of thiophene rings is 1. The molecule has 1 aliphatic heterocycles. The first-order valence-corrected chi connectivity index (χ1v) is 12.7. The molecule has 1 aromatic heterocycles. The maximum absolute atomic E-state index is 13.1. The molecule has 9 heteroatoms. The molecule has 7 nitrogen and oxygen atoms in total. The number of hydrogen-bond acceptors (Lipinski definition) is 6. The van der Waals surface area contributed by atoms with Crippen LogP contribution in [0.3, 0.4) is 0 Å². The van der Waals surface area contributed by atoms with E-state index >= 15 is 0 Å². The van der Waals surface area contributed by atoms with Crippen molar-refractivity contribution in [2.24, 2.45) is 0 Å². The van der Waals surface area contributed by atoms with E-state index < -0.39 is 10.0 Å². The van der Waals surface area contributed by atoms with Crippen LogP contribution in [0.15, 0.2) is 29.2 Å². The van der Waals surface area contributed by atoms with Gasteiger partial charge in [0.05, 0.1) is 24.0 Å². The Kier molecular flexibility index (Phi) is 7.61. The molecule has 0 radical (unpaired) electrons. The van der Waals surface area contributed by atoms with Crippen molar-refractivity contribution in [3.63, 3.8) is 0 Å². The Labute approximate surface area is 188 Å². The van der Waals surface area contributed by atoms with Crippen molar-refractivity contribution in [1.29, 1.82) is 0 Å². The van der Waals surface area contributed by atoms with Crippen LogP contribution in [0.1, 0.15) is 40.4 Å². The topological polar surface area (TPSA) is 76.2 Å². The van der Waals surface area contributed by atoms with E-state index in [2.05, 4.69) is 13.8 Å². The standard InChI is InChI=1S/C22H30N2O5S2/c1-5-7-20-16(6-2)14-21(30-20)22(25)23-10-12-24(13-11-23)31(26,27)17-8-9-18(28-3)19(15-17)29-4/h8-9,14-15H,5-7,10-13H2,1-4H3. The lowest BCUT2D eigenvalue weighted by atomic mass is 10.1. The lowest BCUT2D eigenvalue weighted by Crippen LogP contribution is -2.50. The molecule has 31 heavy (non-hydrogen) atoms. The summed E-state index contributed by atoms with van der Waals surface area (Å²) in [5, 5.41) is 0. The third-order valence-electron chi connectivity index (χ3n) is 5.48. The van der Waals surface area contributed by atoms with Gasteiger partial charge in [0.1, 0.15) is 0 Å². The molecular weight excluding hydrogens is 436 g/mol. The second-order valence-electron chi connectivity index (χ2n) is 7.38. The van der Waals surface area contributed by atoms with Gasteiger partial charge in [-0.25, -0.2) is 8.42 Å². The molecule has 0 atom stereocenters. The Bertz CT molecular complexity index is 1020. The van der Waals surface area contributed by atoms with Crippen LogP contribution in [0.25, 0.3) is 0 Å². The Morgan fingerprint density at radius 1 is 1.03 bits per heavy atom. The lowest BCUT2D eigenvalue weighted by molar-refractivity contribution is 0.0702. The van der Waals surface area contributed by atoms with Crippen LogP contribution in [0.2, 0.25) is 0 Å². The monoisotopic (exact) mass is 466 g/mol. The van der Waals surface area contributed by atoms with Crippen LogP contribution in [0.5, 0.6) is 11.5 Å². The normalized spacial score (nSPS) is 15.2. The first-order valence-electron chi connectivity index (χ1n) is 10.5. The number of benzene rings is 1. The van der Waals surface area contributed by atoms with Crippen molar-refractivity contribution in [1.82, 2.24) is 9.21 Å². The predicted octanol–water partition coefficient (Wildman–Crippen LogP) is 3.43. The second kappa shape index (κ2) is 10.0. The Morgan fingerprint density at radius 2 is 1.71 bits per heavy atom. The van der Waals surface area contributed by atoms with E-state index in [1.165, 1.54) is 41.1 Å². The Morgan fingerprint density at radius 3 is 2.29 bits per heavy atom. The van der Waals surface area contributed by atoms with Crippen molar-refractivity contribution in [3.8, 4) is 11.5 Å². The first-order chi connectivity index (χ1) is 14.8. The van der Waals surface area contributed by atoms with E-state index in [0.29, 0.717) is 24.6 Å². The highest BCUT2D eigenvalue weighted by Gasteiger charge is 2.31. The van der Waals surface area contributed by atoms with E-state index in [1.54, 1.807) is 22.3 Å². The van der Waals surface area contributed by atoms with Gasteiger partial charge >= 0.3 is 0 Å². The maximum Gasteiger partial charge on any atom is 0.264 e. The Hall–Kier alpha value is -2.10. The fraction of sp³-hybridized carbons (Fsp3) is 0.500. The van der Waals surface area contributed by atoms with Crippen LogP contribution < -0.4 is 9.47 Å². The number of piperazine rings is 1. The van der Waals surface area contributed by atoms with Crippen LogP contribution in [-0.4, -0.2) is 63.9 Å². The molecule has 0 unspecified atom stereocenters. The molecule has 3 rings (SSSR count). The number of hydrogen-bond donors (Lipinski definition) is 0. The third-order valence-corrected chi connectivity index (χ3v) is 8.60. The molecule has 1 aromatic carbocycles. The number of nitrogens with zero attached hydrogens (tertiary/aromatic N) is 2. The Balaban J connectivity index is 1.71. The summed E-state index contributed by atoms with van der Waals surface area (Å²) in [5.41, 5.74) is 1.24. The van der Waals surface area contributed by atoms with Crippen molar-refractivity contribution < 1.29 is 22.7 Å². The SMILES string of the molecule is CCCc1sc(C(=O)N2CCN(S(=O)(=O)c3ccc(OC)c(OC)c3)CC2)cc1CC. The zero-order valence-corrected chi connectivity index (χ0v) is 20.1. The molecule has 0 N–H and O–H groups in total. The number of amides is 1. The van der Waals surface area contributed by atoms with Crippen LogP contribution in [0.4, 0.5) is 0 Å². The maximum atomic E-state index is 13.1. The van der Waals surface area contributed by atoms with Gasteiger partial charge in [-0.3, -0.25) is 4.79 Å². The van der Waals surface area contributed by atoms with Crippen LogP contribution in [-0.2, 0) is 22.9 Å². The number of rotatable bonds is 8. The fourth-order valence-corrected chi connectivity index (χ4v) is 6.48. The molecule has 0 aliphatic carbocycles. The first kappa shape index (κ1) is 23.6. The lowest BCUT2D eigenvalue weighted by Gasteiger charge is -2.33. The highest BCUT2D eigenvalue weighted by molar-refractivity contribution is 7.89. The quantitative estimate of drug-likeness (QED) is 0.596. The third kappa shape index (κ3) is 4.88. The number of carbonyl (C=O) groups is 1. The van der Waals surface area contributed by atoms with E-state index in [4.69, 9.17) is 9.47 Å². The highest BCUT2D eigenvalue weighted by atomic mass is 32.2. The molecule has 1 aliphatic rings. The van der Waals surface area contributed by atoms with Crippen molar-refractivity contribution in [3.05, 3.63) is 39.6 Å². The summed E-state index contributed by atoms with van der Waals surface area (Å²) in [6.07, 6.45) is 2.95. The van der Waals surface area contributed by atoms with Crippen LogP contribution in [0, 0.1) is 0 Å². The molecule has 0 spiro atoms. The highest BCUT2D eigenvalue weighted by Crippen LogP contribution is 2.31. The number of ether oxygens (including phenoxy) is 2.